The molecule has 17 heavy (non-hydrogen) atoms. The fourth-order valence-electron chi connectivity index (χ4n) is 1.46. The molecule has 0 spiro atoms. The minimum Gasteiger partial charge on any atom is -0.398 e. The van der Waals surface area contributed by atoms with Gasteiger partial charge in [0.05, 0.1) is 5.69 Å². The lowest BCUT2D eigenvalue weighted by Gasteiger charge is -2.15. The van der Waals surface area contributed by atoms with Crippen molar-refractivity contribution in [1.82, 2.24) is 4.72 Å². The Labute approximate surface area is 103 Å². The normalized spacial score (nSPS) is 11.8. The summed E-state index contributed by atoms with van der Waals surface area (Å²) in [6, 6.07) is 3.34. The maximum absolute atomic E-state index is 11.7. The van der Waals surface area contributed by atoms with E-state index in [0.29, 0.717) is 11.4 Å². The van der Waals surface area contributed by atoms with Crippen LogP contribution in [0.3, 0.4) is 0 Å². The second-order valence-corrected chi connectivity index (χ2v) is 5.79. The monoisotopic (exact) mass is 257 g/mol. The number of hydrogen-bond acceptors (Lipinski definition) is 3. The van der Waals surface area contributed by atoms with Crippen LogP contribution in [0.25, 0.3) is 0 Å². The Bertz CT molecular complexity index is 510. The molecule has 0 aromatic heterocycles. The third-order valence-corrected chi connectivity index (χ3v) is 3.64. The van der Waals surface area contributed by atoms with Crippen LogP contribution in [0.4, 0.5) is 11.4 Å². The van der Waals surface area contributed by atoms with Crippen molar-refractivity contribution in [2.24, 2.45) is 0 Å². The lowest BCUT2D eigenvalue weighted by Crippen LogP contribution is -2.35. The summed E-state index contributed by atoms with van der Waals surface area (Å²) in [5.41, 5.74) is 8.62. The summed E-state index contributed by atoms with van der Waals surface area (Å²) in [6.07, 6.45) is 0. The summed E-state index contributed by atoms with van der Waals surface area (Å²) < 4.78 is 28.3. The lowest BCUT2D eigenvalue weighted by molar-refractivity contribution is 0.575. The van der Waals surface area contributed by atoms with Crippen LogP contribution in [0.2, 0.25) is 0 Å². The fourth-order valence-corrected chi connectivity index (χ4v) is 2.65. The van der Waals surface area contributed by atoms with Crippen LogP contribution in [-0.4, -0.2) is 14.5 Å². The van der Waals surface area contributed by atoms with Gasteiger partial charge in [-0.15, -0.1) is 0 Å². The standard InChI is InChI=1S/C11H19N3O2S/c1-7(2)13-17(15,16)14-10-6-5-8(3)11(12)9(10)4/h5-7,13-14H,12H2,1-4H3. The Morgan fingerprint density at radius 2 is 1.82 bits per heavy atom. The van der Waals surface area contributed by atoms with Crippen molar-refractivity contribution in [2.75, 3.05) is 10.5 Å². The predicted molar refractivity (Wildman–Crippen MR) is 71.1 cm³/mol. The van der Waals surface area contributed by atoms with E-state index in [4.69, 9.17) is 5.73 Å². The van der Waals surface area contributed by atoms with E-state index in [0.717, 1.165) is 11.1 Å². The smallest absolute Gasteiger partial charge is 0.299 e. The summed E-state index contributed by atoms with van der Waals surface area (Å²) >= 11 is 0. The predicted octanol–water partition coefficient (Wildman–Crippen LogP) is 1.54. The van der Waals surface area contributed by atoms with Gasteiger partial charge >= 0.3 is 0 Å². The van der Waals surface area contributed by atoms with Crippen molar-refractivity contribution < 1.29 is 8.42 Å². The summed E-state index contributed by atoms with van der Waals surface area (Å²) in [4.78, 5) is 0. The van der Waals surface area contributed by atoms with E-state index in [-0.39, 0.29) is 6.04 Å². The van der Waals surface area contributed by atoms with E-state index < -0.39 is 10.2 Å². The minimum atomic E-state index is -3.54. The van der Waals surface area contributed by atoms with Crippen molar-refractivity contribution in [2.45, 2.75) is 33.7 Å². The van der Waals surface area contributed by atoms with E-state index in [1.165, 1.54) is 0 Å². The van der Waals surface area contributed by atoms with Crippen molar-refractivity contribution in [1.29, 1.82) is 0 Å². The highest BCUT2D eigenvalue weighted by atomic mass is 32.2. The quantitative estimate of drug-likeness (QED) is 0.715. The molecule has 0 radical (unpaired) electrons. The molecule has 6 heteroatoms. The first-order valence-electron chi connectivity index (χ1n) is 5.38. The highest BCUT2D eigenvalue weighted by molar-refractivity contribution is 7.90. The van der Waals surface area contributed by atoms with Gasteiger partial charge < -0.3 is 5.73 Å². The maximum atomic E-state index is 11.7. The highest BCUT2D eigenvalue weighted by Crippen LogP contribution is 2.24. The van der Waals surface area contributed by atoms with Gasteiger partial charge in [-0.05, 0) is 44.9 Å². The molecule has 5 nitrogen and oxygen atoms in total. The van der Waals surface area contributed by atoms with Crippen LogP contribution < -0.4 is 15.2 Å². The Hall–Kier alpha value is -1.27. The number of nitrogen functional groups attached to an aromatic ring is 1. The Balaban J connectivity index is 3.01. The summed E-state index contributed by atoms with van der Waals surface area (Å²) in [6.45, 7) is 7.19. The van der Waals surface area contributed by atoms with Gasteiger partial charge in [0.25, 0.3) is 10.2 Å². The van der Waals surface area contributed by atoms with Gasteiger partial charge in [-0.1, -0.05) is 6.07 Å². The van der Waals surface area contributed by atoms with Crippen molar-refractivity contribution in [3.63, 3.8) is 0 Å². The van der Waals surface area contributed by atoms with E-state index in [2.05, 4.69) is 9.44 Å². The third-order valence-electron chi connectivity index (χ3n) is 2.37. The van der Waals surface area contributed by atoms with Gasteiger partial charge in [0.1, 0.15) is 0 Å². The van der Waals surface area contributed by atoms with Gasteiger partial charge in [0.15, 0.2) is 0 Å². The fraction of sp³-hybridized carbons (Fsp3) is 0.455. The number of nitrogens with two attached hydrogens (primary N) is 1. The van der Waals surface area contributed by atoms with Crippen LogP contribution in [-0.2, 0) is 10.2 Å². The molecule has 0 heterocycles. The number of hydrogen-bond donors (Lipinski definition) is 3. The van der Waals surface area contributed by atoms with E-state index >= 15 is 0 Å². The molecular formula is C11H19N3O2S. The van der Waals surface area contributed by atoms with E-state index in [9.17, 15) is 8.42 Å². The average Bonchev–Trinajstić information content (AvgIpc) is 2.17. The molecule has 0 fully saturated rings. The molecule has 0 aliphatic heterocycles. The molecule has 0 aliphatic carbocycles. The van der Waals surface area contributed by atoms with Crippen LogP contribution in [0.5, 0.6) is 0 Å². The molecule has 0 unspecified atom stereocenters. The number of nitrogens with one attached hydrogen (secondary N) is 2. The molecule has 96 valence electrons. The first-order chi connectivity index (χ1) is 7.73. The van der Waals surface area contributed by atoms with Crippen LogP contribution in [0.15, 0.2) is 12.1 Å². The molecule has 0 saturated carbocycles. The molecule has 0 atom stereocenters. The number of benzene rings is 1. The molecule has 0 bridgehead atoms. The number of aryl methyl sites for hydroxylation is 1. The summed E-state index contributed by atoms with van der Waals surface area (Å²) in [5, 5.41) is 0. The molecule has 1 aromatic carbocycles. The van der Waals surface area contributed by atoms with Crippen LogP contribution in [0, 0.1) is 13.8 Å². The molecule has 4 N–H and O–H groups in total. The van der Waals surface area contributed by atoms with Crippen LogP contribution in [0.1, 0.15) is 25.0 Å². The first-order valence-corrected chi connectivity index (χ1v) is 6.87. The van der Waals surface area contributed by atoms with E-state index in [1.54, 1.807) is 32.9 Å². The van der Waals surface area contributed by atoms with Crippen LogP contribution >= 0.6 is 0 Å². The Morgan fingerprint density at radius 3 is 2.35 bits per heavy atom. The summed E-state index contributed by atoms with van der Waals surface area (Å²) in [5.74, 6) is 0. The largest absolute Gasteiger partial charge is 0.398 e. The molecule has 1 rings (SSSR count). The summed E-state index contributed by atoms with van der Waals surface area (Å²) in [7, 11) is -3.54. The Morgan fingerprint density at radius 1 is 1.24 bits per heavy atom. The SMILES string of the molecule is Cc1ccc(NS(=O)(=O)NC(C)C)c(C)c1N. The first kappa shape index (κ1) is 13.8. The second-order valence-electron chi connectivity index (χ2n) is 4.35. The zero-order valence-corrected chi connectivity index (χ0v) is 11.4. The van der Waals surface area contributed by atoms with Gasteiger partial charge in [0, 0.05) is 11.7 Å². The molecule has 0 amide bonds. The van der Waals surface area contributed by atoms with E-state index in [1.807, 2.05) is 6.92 Å². The molecule has 1 aromatic rings. The molecule has 0 saturated heterocycles. The molecular weight excluding hydrogens is 238 g/mol. The average molecular weight is 257 g/mol. The number of anilines is 2. The zero-order valence-electron chi connectivity index (χ0n) is 10.5. The Kier molecular flexibility index (Phi) is 4.00. The molecule has 0 aliphatic rings. The van der Waals surface area contributed by atoms with Crippen molar-refractivity contribution in [3.05, 3.63) is 23.3 Å². The van der Waals surface area contributed by atoms with Gasteiger partial charge in [-0.25, -0.2) is 0 Å². The van der Waals surface area contributed by atoms with Gasteiger partial charge in [-0.2, -0.15) is 13.1 Å². The maximum Gasteiger partial charge on any atom is 0.299 e. The van der Waals surface area contributed by atoms with Gasteiger partial charge in [0.2, 0.25) is 0 Å². The third kappa shape index (κ3) is 3.61. The topological polar surface area (TPSA) is 84.2 Å². The lowest BCUT2D eigenvalue weighted by atomic mass is 10.1. The van der Waals surface area contributed by atoms with Crippen molar-refractivity contribution in [3.8, 4) is 0 Å². The van der Waals surface area contributed by atoms with Crippen molar-refractivity contribution >= 4 is 21.6 Å². The van der Waals surface area contributed by atoms with Gasteiger partial charge in [-0.3, -0.25) is 4.72 Å². The minimum absolute atomic E-state index is 0.157. The zero-order chi connectivity index (χ0) is 13.2. The highest BCUT2D eigenvalue weighted by Gasteiger charge is 2.13. The number of rotatable bonds is 4. The second kappa shape index (κ2) is 4.93.